The monoisotopic (exact) mass is 371 g/mol. The summed E-state index contributed by atoms with van der Waals surface area (Å²) in [6.45, 7) is 1.06. The van der Waals surface area contributed by atoms with E-state index in [4.69, 9.17) is 0 Å². The number of sulfonamides is 1. The van der Waals surface area contributed by atoms with Crippen LogP contribution in [0.15, 0.2) is 40.7 Å². The highest BCUT2D eigenvalue weighted by Crippen LogP contribution is 2.22. The van der Waals surface area contributed by atoms with Gasteiger partial charge in [0, 0.05) is 23.7 Å². The van der Waals surface area contributed by atoms with Crippen LogP contribution in [0.4, 0.5) is 4.39 Å². The smallest absolute Gasteiger partial charge is 0.251 e. The van der Waals surface area contributed by atoms with Gasteiger partial charge in [0.1, 0.15) is 11.7 Å². The van der Waals surface area contributed by atoms with Crippen LogP contribution in [0.3, 0.4) is 0 Å². The molecule has 0 saturated heterocycles. The second-order valence-corrected chi connectivity index (χ2v) is 7.57. The number of halogens is 1. The molecule has 0 saturated carbocycles. The number of alkyl halides is 1. The van der Waals surface area contributed by atoms with Crippen molar-refractivity contribution in [1.29, 1.82) is 0 Å². The highest BCUT2D eigenvalue weighted by Gasteiger charge is 2.22. The van der Waals surface area contributed by atoms with Crippen LogP contribution in [0.25, 0.3) is 0 Å². The van der Waals surface area contributed by atoms with Crippen LogP contribution in [0.2, 0.25) is 0 Å². The van der Waals surface area contributed by atoms with Gasteiger partial charge in [-0.1, -0.05) is 13.0 Å². The average molecular weight is 371 g/mol. The minimum absolute atomic E-state index is 0.0228. The Hall–Kier alpha value is -1.84. The standard InChI is InChI=1S/C15H18FN3O3S2/c1-2-13(15-18-8-9-23-15)19-24(21,22)12-5-3-4-11(10-12)14(20)17-7-6-16/h3-5,8-10,13,19H,2,6-7H2,1H3,(H,17,20). The summed E-state index contributed by atoms with van der Waals surface area (Å²) in [5, 5.41) is 4.82. The molecule has 1 amide bonds. The number of thiazole rings is 1. The molecule has 0 radical (unpaired) electrons. The molecule has 130 valence electrons. The molecule has 1 heterocycles. The zero-order valence-electron chi connectivity index (χ0n) is 13.0. The number of nitrogens with one attached hydrogen (secondary N) is 2. The van der Waals surface area contributed by atoms with E-state index in [0.29, 0.717) is 11.4 Å². The van der Waals surface area contributed by atoms with Crippen LogP contribution in [-0.2, 0) is 10.0 Å². The molecule has 1 atom stereocenters. The lowest BCUT2D eigenvalue weighted by Gasteiger charge is -2.15. The number of rotatable bonds is 8. The first kappa shape index (κ1) is 18.5. The van der Waals surface area contributed by atoms with Crippen LogP contribution in [-0.4, -0.2) is 32.5 Å². The quantitative estimate of drug-likeness (QED) is 0.745. The molecule has 0 aliphatic rings. The van der Waals surface area contributed by atoms with E-state index in [1.807, 2.05) is 6.92 Å². The van der Waals surface area contributed by atoms with Crippen molar-refractivity contribution in [2.24, 2.45) is 0 Å². The topological polar surface area (TPSA) is 88.2 Å². The first-order valence-corrected chi connectivity index (χ1v) is 9.70. The fourth-order valence-electron chi connectivity index (χ4n) is 2.04. The molecule has 1 aromatic heterocycles. The van der Waals surface area contributed by atoms with Gasteiger partial charge in [-0.15, -0.1) is 11.3 Å². The molecule has 0 aliphatic carbocycles. The van der Waals surface area contributed by atoms with Crippen molar-refractivity contribution < 1.29 is 17.6 Å². The third kappa shape index (κ3) is 4.59. The summed E-state index contributed by atoms with van der Waals surface area (Å²) < 4.78 is 39.8. The Labute approximate surface area is 144 Å². The number of hydrogen-bond acceptors (Lipinski definition) is 5. The van der Waals surface area contributed by atoms with Gasteiger partial charge in [-0.25, -0.2) is 22.5 Å². The summed E-state index contributed by atoms with van der Waals surface area (Å²) in [6.07, 6.45) is 2.16. The van der Waals surface area contributed by atoms with Crippen molar-refractivity contribution in [3.8, 4) is 0 Å². The second-order valence-electron chi connectivity index (χ2n) is 4.93. The number of benzene rings is 1. The summed E-state index contributed by atoms with van der Waals surface area (Å²) in [7, 11) is -3.81. The number of amides is 1. The minimum Gasteiger partial charge on any atom is -0.349 e. The van der Waals surface area contributed by atoms with Crippen molar-refractivity contribution in [1.82, 2.24) is 15.0 Å². The molecule has 2 rings (SSSR count). The molecule has 0 fully saturated rings. The predicted octanol–water partition coefficient (Wildman–Crippen LogP) is 2.27. The van der Waals surface area contributed by atoms with Gasteiger partial charge < -0.3 is 5.32 Å². The molecule has 2 N–H and O–H groups in total. The van der Waals surface area contributed by atoms with E-state index < -0.39 is 28.6 Å². The molecular formula is C15H18FN3O3S2. The molecule has 1 aromatic carbocycles. The molecule has 2 aromatic rings. The zero-order chi connectivity index (χ0) is 17.6. The lowest BCUT2D eigenvalue weighted by atomic mass is 10.2. The summed E-state index contributed by atoms with van der Waals surface area (Å²) in [6, 6.07) is 5.19. The highest BCUT2D eigenvalue weighted by atomic mass is 32.2. The van der Waals surface area contributed by atoms with Gasteiger partial charge in [-0.3, -0.25) is 4.79 Å². The van der Waals surface area contributed by atoms with Crippen molar-refractivity contribution in [3.05, 3.63) is 46.4 Å². The van der Waals surface area contributed by atoms with E-state index in [-0.39, 0.29) is 17.0 Å². The van der Waals surface area contributed by atoms with Crippen molar-refractivity contribution in [2.75, 3.05) is 13.2 Å². The highest BCUT2D eigenvalue weighted by molar-refractivity contribution is 7.89. The number of aromatic nitrogens is 1. The number of hydrogen-bond donors (Lipinski definition) is 2. The third-order valence-electron chi connectivity index (χ3n) is 3.24. The minimum atomic E-state index is -3.81. The number of carbonyl (C=O) groups excluding carboxylic acids is 1. The summed E-state index contributed by atoms with van der Waals surface area (Å²) >= 11 is 1.37. The zero-order valence-corrected chi connectivity index (χ0v) is 14.7. The Kier molecular flexibility index (Phi) is 6.41. The SMILES string of the molecule is CCC(NS(=O)(=O)c1cccc(C(=O)NCCF)c1)c1nccs1. The van der Waals surface area contributed by atoms with Crippen LogP contribution in [0, 0.1) is 0 Å². The van der Waals surface area contributed by atoms with E-state index in [9.17, 15) is 17.6 Å². The molecule has 0 bridgehead atoms. The average Bonchev–Trinajstić information content (AvgIpc) is 3.12. The van der Waals surface area contributed by atoms with Crippen LogP contribution < -0.4 is 10.0 Å². The van der Waals surface area contributed by atoms with Gasteiger partial charge >= 0.3 is 0 Å². The maximum atomic E-state index is 12.6. The number of carbonyl (C=O) groups is 1. The van der Waals surface area contributed by atoms with Gasteiger partial charge in [0.2, 0.25) is 10.0 Å². The summed E-state index contributed by atoms with van der Waals surface area (Å²) in [5.41, 5.74) is 0.161. The fraction of sp³-hybridized carbons (Fsp3) is 0.333. The Balaban J connectivity index is 2.21. The van der Waals surface area contributed by atoms with E-state index in [1.165, 1.54) is 35.6 Å². The first-order chi connectivity index (χ1) is 11.5. The van der Waals surface area contributed by atoms with E-state index >= 15 is 0 Å². The Morgan fingerprint density at radius 2 is 2.21 bits per heavy atom. The number of nitrogens with zero attached hydrogens (tertiary/aromatic N) is 1. The molecule has 9 heteroatoms. The van der Waals surface area contributed by atoms with Gasteiger partial charge in [-0.05, 0) is 24.6 Å². The van der Waals surface area contributed by atoms with Crippen LogP contribution >= 0.6 is 11.3 Å². The first-order valence-electron chi connectivity index (χ1n) is 7.34. The molecule has 6 nitrogen and oxygen atoms in total. The van der Waals surface area contributed by atoms with Gasteiger partial charge in [0.05, 0.1) is 10.9 Å². The molecular weight excluding hydrogens is 353 g/mol. The van der Waals surface area contributed by atoms with Crippen molar-refractivity contribution >= 4 is 27.3 Å². The van der Waals surface area contributed by atoms with Gasteiger partial charge in [0.25, 0.3) is 5.91 Å². The van der Waals surface area contributed by atoms with Crippen LogP contribution in [0.5, 0.6) is 0 Å². The molecule has 1 unspecified atom stereocenters. The molecule has 0 spiro atoms. The van der Waals surface area contributed by atoms with Gasteiger partial charge in [-0.2, -0.15) is 0 Å². The second kappa shape index (κ2) is 8.32. The molecule has 0 aliphatic heterocycles. The lowest BCUT2D eigenvalue weighted by Crippen LogP contribution is -2.29. The van der Waals surface area contributed by atoms with Crippen LogP contribution in [0.1, 0.15) is 34.8 Å². The molecule has 24 heavy (non-hydrogen) atoms. The largest absolute Gasteiger partial charge is 0.349 e. The lowest BCUT2D eigenvalue weighted by molar-refractivity contribution is 0.0950. The van der Waals surface area contributed by atoms with E-state index in [2.05, 4.69) is 15.0 Å². The normalized spacial score (nSPS) is 12.8. The van der Waals surface area contributed by atoms with Gasteiger partial charge in [0.15, 0.2) is 0 Å². The maximum absolute atomic E-state index is 12.6. The van der Waals surface area contributed by atoms with Crippen molar-refractivity contribution in [2.45, 2.75) is 24.3 Å². The Morgan fingerprint density at radius 3 is 2.83 bits per heavy atom. The summed E-state index contributed by atoms with van der Waals surface area (Å²) in [5.74, 6) is -0.517. The maximum Gasteiger partial charge on any atom is 0.251 e. The van der Waals surface area contributed by atoms with Crippen molar-refractivity contribution in [3.63, 3.8) is 0 Å². The van der Waals surface area contributed by atoms with E-state index in [1.54, 1.807) is 11.6 Å². The predicted molar refractivity (Wildman–Crippen MR) is 90.2 cm³/mol. The van der Waals surface area contributed by atoms with E-state index in [0.717, 1.165) is 0 Å². The Morgan fingerprint density at radius 1 is 1.42 bits per heavy atom. The Bertz CT molecular complexity index is 779. The fourth-order valence-corrected chi connectivity index (χ4v) is 4.21. The third-order valence-corrected chi connectivity index (χ3v) is 5.60. The summed E-state index contributed by atoms with van der Waals surface area (Å²) in [4.78, 5) is 16.0.